The number of hydrogen-bond acceptors (Lipinski definition) is 11. The Morgan fingerprint density at radius 3 is 2.59 bits per heavy atom. The van der Waals surface area contributed by atoms with Crippen LogP contribution in [0.5, 0.6) is 0 Å². The van der Waals surface area contributed by atoms with Crippen LogP contribution >= 0.6 is 15.6 Å². The number of carbonyl (C=O) groups excluding carboxylic acids is 2. The third kappa shape index (κ3) is 10.0. The van der Waals surface area contributed by atoms with Crippen molar-refractivity contribution in [3.63, 3.8) is 0 Å². The van der Waals surface area contributed by atoms with Crippen LogP contribution in [0.1, 0.15) is 65.2 Å². The molecule has 3 N–H and O–H groups in total. The van der Waals surface area contributed by atoms with Crippen LogP contribution in [0.4, 0.5) is 0 Å². The summed E-state index contributed by atoms with van der Waals surface area (Å²) in [7, 11) is -1.23. The van der Waals surface area contributed by atoms with Crippen LogP contribution in [0, 0.1) is 17.8 Å². The van der Waals surface area contributed by atoms with Gasteiger partial charge in [0.25, 0.3) is 0 Å². The molecule has 13 nitrogen and oxygen atoms in total. The molecule has 11 atom stereocenters. The number of carbonyl (C=O) groups is 2. The summed E-state index contributed by atoms with van der Waals surface area (Å²) in [5.74, 6) is -1.29. The molecule has 3 saturated heterocycles. The zero-order chi connectivity index (χ0) is 30.4. The Labute approximate surface area is 243 Å². The zero-order valence-corrected chi connectivity index (χ0v) is 25.5. The van der Waals surface area contributed by atoms with E-state index in [0.29, 0.717) is 38.5 Å². The number of ketones is 2. The summed E-state index contributed by atoms with van der Waals surface area (Å²) in [6.07, 6.45) is -1.37. The largest absolute Gasteiger partial charge is 0.472 e. The molecule has 3 fully saturated rings. The summed E-state index contributed by atoms with van der Waals surface area (Å²) in [6.45, 7) is 2.24. The topological polar surface area (TPSA) is 184 Å². The molecule has 3 aliphatic rings. The van der Waals surface area contributed by atoms with E-state index in [1.54, 1.807) is 6.92 Å². The lowest BCUT2D eigenvalue weighted by molar-refractivity contribution is -0.121. The fourth-order valence-corrected chi connectivity index (χ4v) is 7.80. The van der Waals surface area contributed by atoms with Crippen LogP contribution in [-0.2, 0) is 46.3 Å². The van der Waals surface area contributed by atoms with Crippen molar-refractivity contribution in [1.29, 1.82) is 0 Å². The van der Waals surface area contributed by atoms with Crippen LogP contribution in [0.2, 0.25) is 0 Å². The molecule has 3 radical (unpaired) electrons. The highest BCUT2D eigenvalue weighted by Crippen LogP contribution is 2.52. The first kappa shape index (κ1) is 35.1. The number of Topliss-reactive ketones (excluding diaryl/α,β-unsaturated/α-hetero) is 2. The van der Waals surface area contributed by atoms with Crippen LogP contribution in [0.3, 0.4) is 0 Å². The summed E-state index contributed by atoms with van der Waals surface area (Å²) in [6, 6.07) is -0.799. The molecule has 41 heavy (non-hydrogen) atoms. The molecule has 17 heteroatoms. The predicted octanol–water partition coefficient (Wildman–Crippen LogP) is 2.05. The van der Waals surface area contributed by atoms with Crippen molar-refractivity contribution in [3.05, 3.63) is 0 Å². The van der Waals surface area contributed by atoms with E-state index in [2.05, 4.69) is 4.52 Å². The number of phosphoric acid groups is 2. The second-order valence-corrected chi connectivity index (χ2v) is 14.0. The molecule has 0 aliphatic carbocycles. The molecule has 3 aliphatic heterocycles. The van der Waals surface area contributed by atoms with Crippen molar-refractivity contribution in [2.24, 2.45) is 17.8 Å². The minimum atomic E-state index is -4.75. The van der Waals surface area contributed by atoms with Gasteiger partial charge in [-0.2, -0.15) is 0 Å². The molecular weight excluding hydrogens is 580 g/mol. The highest BCUT2D eigenvalue weighted by atomic mass is 31.2. The first-order chi connectivity index (χ1) is 19.3. The quantitative estimate of drug-likeness (QED) is 0.278. The Bertz CT molecular complexity index is 987. The SMILES string of the molecule is [B][B][C@@H]1O[C@@H]2COP(=O)(O)OC3[C@@H](CO)O[C@@H](C)[C@H]3CCCCC(=O)CC(CC(C)=O)CC[C@H]1C2OP(=O)(O)OC. The van der Waals surface area contributed by atoms with E-state index in [-0.39, 0.29) is 42.3 Å². The van der Waals surface area contributed by atoms with Crippen molar-refractivity contribution >= 4 is 42.1 Å². The van der Waals surface area contributed by atoms with Gasteiger partial charge in [-0.1, -0.05) is 6.42 Å². The van der Waals surface area contributed by atoms with Gasteiger partial charge >= 0.3 is 15.6 Å². The molecule has 0 amide bonds. The molecule has 0 spiro atoms. The van der Waals surface area contributed by atoms with Gasteiger partial charge in [0, 0.05) is 51.9 Å². The maximum absolute atomic E-state index is 13.1. The molecule has 3 rings (SSSR count). The number of fused-ring (bicyclic) bond motifs is 3. The minimum Gasteiger partial charge on any atom is -0.394 e. The van der Waals surface area contributed by atoms with E-state index in [1.807, 2.05) is 0 Å². The maximum atomic E-state index is 13.1. The molecule has 5 unspecified atom stereocenters. The van der Waals surface area contributed by atoms with Crippen LogP contribution < -0.4 is 0 Å². The minimum absolute atomic E-state index is 0.0110. The van der Waals surface area contributed by atoms with Gasteiger partial charge in [-0.05, 0) is 45.4 Å². The highest BCUT2D eigenvalue weighted by molar-refractivity contribution is 7.47. The van der Waals surface area contributed by atoms with Gasteiger partial charge < -0.3 is 29.2 Å². The van der Waals surface area contributed by atoms with E-state index in [4.69, 9.17) is 30.8 Å². The fourth-order valence-electron chi connectivity index (χ4n) is 6.11. The summed E-state index contributed by atoms with van der Waals surface area (Å²) in [4.78, 5) is 45.6. The van der Waals surface area contributed by atoms with Crippen molar-refractivity contribution in [3.8, 4) is 0 Å². The van der Waals surface area contributed by atoms with Crippen molar-refractivity contribution < 1.29 is 61.2 Å². The third-order valence-electron chi connectivity index (χ3n) is 8.08. The Kier molecular flexibility index (Phi) is 13.3. The van der Waals surface area contributed by atoms with Crippen molar-refractivity contribution in [2.45, 2.75) is 102 Å². The molecule has 0 aromatic rings. The monoisotopic (exact) mass is 621 g/mol. The third-order valence-corrected chi connectivity index (χ3v) is 10.0. The summed E-state index contributed by atoms with van der Waals surface area (Å²) in [5, 5.41) is 9.82. The van der Waals surface area contributed by atoms with Gasteiger partial charge in [0.1, 0.15) is 36.0 Å². The lowest BCUT2D eigenvalue weighted by Gasteiger charge is -2.28. The van der Waals surface area contributed by atoms with Crippen molar-refractivity contribution in [1.82, 2.24) is 0 Å². The van der Waals surface area contributed by atoms with E-state index in [1.165, 1.54) is 14.1 Å². The summed E-state index contributed by atoms with van der Waals surface area (Å²) < 4.78 is 58.0. The van der Waals surface area contributed by atoms with Crippen LogP contribution in [0.25, 0.3) is 0 Å². The highest BCUT2D eigenvalue weighted by Gasteiger charge is 2.50. The Balaban J connectivity index is 1.91. The smallest absolute Gasteiger partial charge is 0.394 e. The second kappa shape index (κ2) is 15.5. The first-order valence-corrected chi connectivity index (χ1v) is 17.0. The first-order valence-electron chi connectivity index (χ1n) is 14.0. The van der Waals surface area contributed by atoms with Gasteiger partial charge in [0.05, 0.1) is 26.5 Å². The molecule has 231 valence electrons. The van der Waals surface area contributed by atoms with Gasteiger partial charge in [-0.3, -0.25) is 22.9 Å². The average molecular weight is 621 g/mol. The Morgan fingerprint density at radius 1 is 1.22 bits per heavy atom. The molecule has 0 aromatic carbocycles. The predicted molar refractivity (Wildman–Crippen MR) is 147 cm³/mol. The maximum Gasteiger partial charge on any atom is 0.472 e. The van der Waals surface area contributed by atoms with Crippen LogP contribution in [0.15, 0.2) is 0 Å². The number of rotatable bonds is 7. The summed E-state index contributed by atoms with van der Waals surface area (Å²) in [5.41, 5.74) is 0. The number of aliphatic hydroxyl groups excluding tert-OH is 1. The standard InChI is InChI=1S/C24H41B2O13P2/c1-14(28)10-16-8-9-19-23(38-40(30,31)34-3)21(37-24(19)26-25)13-35-41(32,33)39-22-18(15(2)36-20(22)12-27)7-5-4-6-17(29)11-16/h15-16,18-24,27H,4-13H2,1-3H3,(H,30,31)(H,32,33)/t15-,16?,18+,19-,20+,21+,22?,23?,24+/m0/s1. The van der Waals surface area contributed by atoms with E-state index in [0.717, 1.165) is 7.11 Å². The molecule has 2 bridgehead atoms. The summed E-state index contributed by atoms with van der Waals surface area (Å²) >= 11 is 0. The zero-order valence-electron chi connectivity index (χ0n) is 23.7. The van der Waals surface area contributed by atoms with Gasteiger partial charge in [-0.15, -0.1) is 0 Å². The number of phosphoric ester groups is 2. The number of ether oxygens (including phenoxy) is 2. The van der Waals surface area contributed by atoms with Gasteiger partial charge in [-0.25, -0.2) is 9.13 Å². The van der Waals surface area contributed by atoms with E-state index < -0.39 is 65.2 Å². The second-order valence-electron chi connectivity index (χ2n) is 11.1. The fraction of sp³-hybridized carbons (Fsp3) is 0.917. The van der Waals surface area contributed by atoms with Gasteiger partial charge in [0.2, 0.25) is 0 Å². The van der Waals surface area contributed by atoms with E-state index >= 15 is 0 Å². The molecular formula is C24H41B2O13P2. The average Bonchev–Trinajstić information content (AvgIpc) is 3.38. The molecule has 0 saturated carbocycles. The van der Waals surface area contributed by atoms with E-state index in [9.17, 15) is 33.6 Å². The normalized spacial score (nSPS) is 41.1. The Morgan fingerprint density at radius 2 is 1.95 bits per heavy atom. The molecule has 0 aromatic heterocycles. The lowest BCUT2D eigenvalue weighted by atomic mass is 9.49. The van der Waals surface area contributed by atoms with Crippen molar-refractivity contribution in [2.75, 3.05) is 20.3 Å². The van der Waals surface area contributed by atoms with Gasteiger partial charge in [0.15, 0.2) is 0 Å². The van der Waals surface area contributed by atoms with Crippen LogP contribution in [-0.4, -0.2) is 98.2 Å². The molecule has 3 heterocycles. The number of aliphatic hydroxyl groups is 1. The lowest BCUT2D eigenvalue weighted by Crippen LogP contribution is -2.35. The number of hydrogen-bond donors (Lipinski definition) is 3. The Hall–Kier alpha value is -0.430.